The van der Waals surface area contributed by atoms with Crippen LogP contribution in [0.15, 0.2) is 72.8 Å². The summed E-state index contributed by atoms with van der Waals surface area (Å²) in [7, 11) is 0. The van der Waals surface area contributed by atoms with E-state index in [9.17, 15) is 4.79 Å². The molecule has 0 aromatic heterocycles. The number of hydrogen-bond acceptors (Lipinski definition) is 3. The summed E-state index contributed by atoms with van der Waals surface area (Å²) >= 11 is 23.4. The molecule has 0 aliphatic carbocycles. The first-order valence-electron chi connectivity index (χ1n) is 8.92. The van der Waals surface area contributed by atoms with Crippen LogP contribution in [0.4, 0.5) is 10.5 Å². The summed E-state index contributed by atoms with van der Waals surface area (Å²) in [6.45, 7) is 0.0813. The Bertz CT molecular complexity index is 1020. The van der Waals surface area contributed by atoms with Gasteiger partial charge in [-0.1, -0.05) is 102 Å². The summed E-state index contributed by atoms with van der Waals surface area (Å²) in [5, 5.41) is 10.6. The van der Waals surface area contributed by atoms with Crippen molar-refractivity contribution in [2.45, 2.75) is 16.6 Å². The molecule has 156 valence electrons. The first-order valence-corrected chi connectivity index (χ1v) is 10.5. The summed E-state index contributed by atoms with van der Waals surface area (Å²) in [6.07, 6.45) is -1.88. The van der Waals surface area contributed by atoms with Gasteiger partial charge in [0.2, 0.25) is 3.79 Å². The Morgan fingerprint density at radius 1 is 0.933 bits per heavy atom. The normalized spacial score (nSPS) is 12.1. The van der Waals surface area contributed by atoms with Crippen LogP contribution in [-0.4, -0.2) is 21.2 Å². The van der Waals surface area contributed by atoms with Crippen molar-refractivity contribution in [3.8, 4) is 0 Å². The van der Waals surface area contributed by atoms with Gasteiger partial charge in [0, 0.05) is 11.1 Å². The van der Waals surface area contributed by atoms with Gasteiger partial charge in [0.1, 0.15) is 6.61 Å². The van der Waals surface area contributed by atoms with Crippen LogP contribution in [0.1, 0.15) is 5.56 Å². The highest BCUT2D eigenvalue weighted by atomic mass is 35.6. The molecule has 3 N–H and O–H groups in total. The second-order valence-electron chi connectivity index (χ2n) is 6.31. The molecule has 1 amide bonds. The lowest BCUT2D eigenvalue weighted by Gasteiger charge is -2.27. The van der Waals surface area contributed by atoms with E-state index in [1.54, 1.807) is 0 Å². The second-order valence-corrected chi connectivity index (χ2v) is 9.08. The van der Waals surface area contributed by atoms with Crippen molar-refractivity contribution in [3.05, 3.63) is 78.4 Å². The number of hydrogen-bond donors (Lipinski definition) is 3. The van der Waals surface area contributed by atoms with Gasteiger partial charge in [0.15, 0.2) is 11.3 Å². The summed E-state index contributed by atoms with van der Waals surface area (Å²) in [5.74, 6) is 0. The van der Waals surface area contributed by atoms with Crippen molar-refractivity contribution >= 4 is 74.7 Å². The Hall–Kier alpha value is -2.25. The number of carbonyl (C=O) groups excluding carboxylic acids is 1. The smallest absolute Gasteiger partial charge is 0.409 e. The van der Waals surface area contributed by atoms with E-state index in [-0.39, 0.29) is 11.7 Å². The lowest BCUT2D eigenvalue weighted by molar-refractivity contribution is 0.135. The number of benzene rings is 3. The lowest BCUT2D eigenvalue weighted by Crippen LogP contribution is -2.56. The molecule has 3 aromatic carbocycles. The van der Waals surface area contributed by atoms with E-state index in [4.69, 9.17) is 51.8 Å². The van der Waals surface area contributed by atoms with Crippen molar-refractivity contribution in [1.82, 2.24) is 10.6 Å². The number of fused-ring (bicyclic) bond motifs is 1. The maximum Gasteiger partial charge on any atom is 0.409 e. The molecule has 0 heterocycles. The number of thiocarbonyl (C=S) groups is 1. The molecule has 0 unspecified atom stereocenters. The molecule has 3 rings (SSSR count). The van der Waals surface area contributed by atoms with Crippen LogP contribution in [0.2, 0.25) is 0 Å². The largest absolute Gasteiger partial charge is 0.445 e. The first kappa shape index (κ1) is 22.4. The Morgan fingerprint density at radius 3 is 2.33 bits per heavy atom. The molecule has 0 aliphatic rings. The van der Waals surface area contributed by atoms with Gasteiger partial charge in [-0.15, -0.1) is 0 Å². The van der Waals surface area contributed by atoms with Crippen LogP contribution in [0, 0.1) is 0 Å². The molecule has 1 atom stereocenters. The summed E-state index contributed by atoms with van der Waals surface area (Å²) in [6, 6.07) is 22.8. The minimum atomic E-state index is -1.88. The number of nitrogens with one attached hydrogen (secondary N) is 3. The third-order valence-corrected chi connectivity index (χ3v) is 4.99. The molecule has 0 saturated heterocycles. The van der Waals surface area contributed by atoms with Crippen LogP contribution in [0.25, 0.3) is 10.8 Å². The highest BCUT2D eigenvalue weighted by molar-refractivity contribution is 7.80. The number of alkyl carbamates (subject to hydrolysis) is 1. The molecule has 5 nitrogen and oxygen atoms in total. The minimum absolute atomic E-state index is 0.0813. The van der Waals surface area contributed by atoms with Crippen molar-refractivity contribution in [2.75, 3.05) is 5.32 Å². The summed E-state index contributed by atoms with van der Waals surface area (Å²) in [5.41, 5.74) is 1.61. The van der Waals surface area contributed by atoms with Gasteiger partial charge in [0.25, 0.3) is 0 Å². The van der Waals surface area contributed by atoms with E-state index in [1.807, 2.05) is 72.8 Å². The zero-order chi connectivity index (χ0) is 21.6. The Kier molecular flexibility index (Phi) is 7.61. The van der Waals surface area contributed by atoms with Crippen LogP contribution in [0.5, 0.6) is 0 Å². The van der Waals surface area contributed by atoms with E-state index < -0.39 is 16.1 Å². The molecule has 9 heteroatoms. The summed E-state index contributed by atoms with van der Waals surface area (Å²) in [4.78, 5) is 12.2. The molecule has 0 saturated carbocycles. The van der Waals surface area contributed by atoms with Crippen molar-refractivity contribution in [1.29, 1.82) is 0 Å². The second kappa shape index (κ2) is 10.2. The number of rotatable bonds is 5. The van der Waals surface area contributed by atoms with Crippen molar-refractivity contribution in [3.63, 3.8) is 0 Å². The standard InChI is InChI=1S/C21H18Cl3N3O2S/c22-21(23,24)18(27-20(28)29-13-14-7-2-1-3-8-14)26-19(30)25-17-12-6-10-15-9-4-5-11-16(15)17/h1-12,18H,13H2,(H,27,28)(H2,25,26,30)/t18-/m0/s1. The fourth-order valence-corrected chi connectivity index (χ4v) is 3.26. The predicted molar refractivity (Wildman–Crippen MR) is 127 cm³/mol. The van der Waals surface area contributed by atoms with Gasteiger partial charge in [-0.05, 0) is 29.2 Å². The predicted octanol–water partition coefficient (Wildman–Crippen LogP) is 5.75. The Labute approximate surface area is 194 Å². The summed E-state index contributed by atoms with van der Waals surface area (Å²) < 4.78 is 3.30. The van der Waals surface area contributed by atoms with Gasteiger partial charge < -0.3 is 15.4 Å². The van der Waals surface area contributed by atoms with E-state index in [0.717, 1.165) is 22.0 Å². The van der Waals surface area contributed by atoms with Crippen LogP contribution >= 0.6 is 47.0 Å². The molecule has 0 radical (unpaired) electrons. The van der Waals surface area contributed by atoms with Gasteiger partial charge in [-0.25, -0.2) is 4.79 Å². The molecule has 3 aromatic rings. The quantitative estimate of drug-likeness (QED) is 0.246. The zero-order valence-corrected chi connectivity index (χ0v) is 18.7. The van der Waals surface area contributed by atoms with E-state index in [0.29, 0.717) is 0 Å². The van der Waals surface area contributed by atoms with Crippen LogP contribution in [0.3, 0.4) is 0 Å². The molecule has 0 bridgehead atoms. The molecular formula is C21H18Cl3N3O2S. The third kappa shape index (κ3) is 6.37. The topological polar surface area (TPSA) is 62.4 Å². The fourth-order valence-electron chi connectivity index (χ4n) is 2.71. The lowest BCUT2D eigenvalue weighted by atomic mass is 10.1. The highest BCUT2D eigenvalue weighted by Gasteiger charge is 2.35. The minimum Gasteiger partial charge on any atom is -0.445 e. The molecule has 0 spiro atoms. The number of amides is 1. The van der Waals surface area contributed by atoms with Crippen molar-refractivity contribution in [2.24, 2.45) is 0 Å². The van der Waals surface area contributed by atoms with Crippen LogP contribution in [-0.2, 0) is 11.3 Å². The molecule has 0 aliphatic heterocycles. The highest BCUT2D eigenvalue weighted by Crippen LogP contribution is 2.29. The maximum absolute atomic E-state index is 12.2. The molecule has 30 heavy (non-hydrogen) atoms. The number of carbonyl (C=O) groups is 1. The van der Waals surface area contributed by atoms with Crippen LogP contribution < -0.4 is 16.0 Å². The van der Waals surface area contributed by atoms with Crippen molar-refractivity contribution < 1.29 is 9.53 Å². The third-order valence-electron chi connectivity index (χ3n) is 4.12. The van der Waals surface area contributed by atoms with Gasteiger partial charge in [-0.3, -0.25) is 5.32 Å². The number of ether oxygens (including phenoxy) is 1. The Morgan fingerprint density at radius 2 is 1.60 bits per heavy atom. The molecular weight excluding hydrogens is 465 g/mol. The van der Waals surface area contributed by atoms with Gasteiger partial charge in [0.05, 0.1) is 0 Å². The first-order chi connectivity index (χ1) is 14.3. The van der Waals surface area contributed by atoms with E-state index in [2.05, 4.69) is 16.0 Å². The number of alkyl halides is 3. The number of halogens is 3. The van der Waals surface area contributed by atoms with Gasteiger partial charge >= 0.3 is 6.09 Å². The maximum atomic E-state index is 12.2. The molecule has 0 fully saturated rings. The van der Waals surface area contributed by atoms with E-state index >= 15 is 0 Å². The van der Waals surface area contributed by atoms with Gasteiger partial charge in [-0.2, -0.15) is 0 Å². The average molecular weight is 483 g/mol. The van der Waals surface area contributed by atoms with E-state index in [1.165, 1.54) is 0 Å². The fraction of sp³-hybridized carbons (Fsp3) is 0.143. The monoisotopic (exact) mass is 481 g/mol. The zero-order valence-electron chi connectivity index (χ0n) is 15.6. The number of anilines is 1. The SMILES string of the molecule is O=C(N[C@H](NC(=S)Nc1cccc2ccccc12)C(Cl)(Cl)Cl)OCc1ccccc1. The Balaban J connectivity index is 1.62. The average Bonchev–Trinajstić information content (AvgIpc) is 2.72.